The van der Waals surface area contributed by atoms with Crippen LogP contribution in [-0.2, 0) is 4.74 Å². The highest BCUT2D eigenvalue weighted by molar-refractivity contribution is 5.48. The Morgan fingerprint density at radius 2 is 1.95 bits per heavy atom. The number of nitrogens with two attached hydrogens (primary N) is 1. The minimum atomic E-state index is -0.0298. The van der Waals surface area contributed by atoms with Crippen molar-refractivity contribution in [3.05, 3.63) is 18.3 Å². The maximum absolute atomic E-state index is 5.62. The molecule has 0 atom stereocenters. The number of nitrogen functional groups attached to an aromatic ring is 1. The van der Waals surface area contributed by atoms with Crippen molar-refractivity contribution in [1.29, 1.82) is 0 Å². The number of piperazine rings is 1. The summed E-state index contributed by atoms with van der Waals surface area (Å²) in [6, 6.07) is 3.91. The predicted octanol–water partition coefficient (Wildman–Crippen LogP) is 1.60. The summed E-state index contributed by atoms with van der Waals surface area (Å²) in [6.07, 6.45) is 2.92. The lowest BCUT2D eigenvalue weighted by Gasteiger charge is -2.37. The van der Waals surface area contributed by atoms with Crippen molar-refractivity contribution in [2.75, 3.05) is 50.5 Å². The molecule has 0 saturated carbocycles. The largest absolute Gasteiger partial charge is 0.384 e. The number of ether oxygens (including phenoxy) is 1. The SMILES string of the molecule is COC(C)(C)CCN1CCN(c2ccc(N)nc2)CC1. The molecule has 1 aromatic rings. The van der Waals surface area contributed by atoms with Gasteiger partial charge >= 0.3 is 0 Å². The molecular weight excluding hydrogens is 252 g/mol. The molecule has 0 aromatic carbocycles. The molecule has 0 aliphatic carbocycles. The Hall–Kier alpha value is -1.33. The highest BCUT2D eigenvalue weighted by Gasteiger charge is 2.21. The van der Waals surface area contributed by atoms with Gasteiger partial charge in [0.15, 0.2) is 0 Å². The summed E-state index contributed by atoms with van der Waals surface area (Å²) < 4.78 is 5.47. The molecule has 1 aliphatic heterocycles. The fraction of sp³-hybridized carbons (Fsp3) is 0.667. The van der Waals surface area contributed by atoms with Gasteiger partial charge in [-0.2, -0.15) is 0 Å². The topological polar surface area (TPSA) is 54.6 Å². The van der Waals surface area contributed by atoms with Crippen LogP contribution in [0.5, 0.6) is 0 Å². The summed E-state index contributed by atoms with van der Waals surface area (Å²) in [6.45, 7) is 9.63. The Kier molecular flexibility index (Phi) is 4.83. The van der Waals surface area contributed by atoms with Crippen LogP contribution in [0.25, 0.3) is 0 Å². The zero-order valence-electron chi connectivity index (χ0n) is 12.8. The van der Waals surface area contributed by atoms with Gasteiger partial charge in [-0.3, -0.25) is 4.90 Å². The molecule has 2 heterocycles. The van der Waals surface area contributed by atoms with Crippen LogP contribution in [0.15, 0.2) is 18.3 Å². The van der Waals surface area contributed by atoms with Gasteiger partial charge in [-0.1, -0.05) is 0 Å². The maximum atomic E-state index is 5.62. The average Bonchev–Trinajstić information content (AvgIpc) is 2.47. The lowest BCUT2D eigenvalue weighted by atomic mass is 10.0. The molecule has 112 valence electrons. The summed E-state index contributed by atoms with van der Waals surface area (Å²) >= 11 is 0. The smallest absolute Gasteiger partial charge is 0.123 e. The van der Waals surface area contributed by atoms with E-state index in [1.807, 2.05) is 18.3 Å². The summed E-state index contributed by atoms with van der Waals surface area (Å²) in [5.74, 6) is 0.578. The van der Waals surface area contributed by atoms with Gasteiger partial charge in [-0.25, -0.2) is 4.98 Å². The van der Waals surface area contributed by atoms with Gasteiger partial charge in [0, 0.05) is 39.8 Å². The summed E-state index contributed by atoms with van der Waals surface area (Å²) in [5.41, 5.74) is 6.76. The zero-order valence-corrected chi connectivity index (χ0v) is 12.8. The van der Waals surface area contributed by atoms with Crippen molar-refractivity contribution in [2.45, 2.75) is 25.9 Å². The fourth-order valence-corrected chi connectivity index (χ4v) is 2.34. The molecule has 1 aliphatic rings. The molecule has 20 heavy (non-hydrogen) atoms. The maximum Gasteiger partial charge on any atom is 0.123 e. The van der Waals surface area contributed by atoms with Gasteiger partial charge in [0.1, 0.15) is 5.82 Å². The number of hydrogen-bond acceptors (Lipinski definition) is 5. The lowest BCUT2D eigenvalue weighted by molar-refractivity contribution is 0.00707. The Morgan fingerprint density at radius 3 is 2.50 bits per heavy atom. The first-order chi connectivity index (χ1) is 9.50. The molecular formula is C15H26N4O. The number of hydrogen-bond donors (Lipinski definition) is 1. The van der Waals surface area contributed by atoms with E-state index >= 15 is 0 Å². The first kappa shape index (κ1) is 15.1. The summed E-state index contributed by atoms with van der Waals surface area (Å²) in [7, 11) is 1.78. The van der Waals surface area contributed by atoms with Gasteiger partial charge in [0.05, 0.1) is 17.5 Å². The second-order valence-electron chi connectivity index (χ2n) is 5.98. The van der Waals surface area contributed by atoms with Crippen LogP contribution in [0.3, 0.4) is 0 Å². The molecule has 1 fully saturated rings. The van der Waals surface area contributed by atoms with Crippen LogP contribution < -0.4 is 10.6 Å². The third kappa shape index (κ3) is 4.08. The number of pyridine rings is 1. The molecule has 0 bridgehead atoms. The van der Waals surface area contributed by atoms with E-state index in [0.717, 1.165) is 44.8 Å². The van der Waals surface area contributed by atoms with Crippen LogP contribution in [0.1, 0.15) is 20.3 Å². The van der Waals surface area contributed by atoms with E-state index in [-0.39, 0.29) is 5.60 Å². The van der Waals surface area contributed by atoms with Crippen LogP contribution >= 0.6 is 0 Å². The van der Waals surface area contributed by atoms with E-state index < -0.39 is 0 Å². The number of nitrogens with zero attached hydrogens (tertiary/aromatic N) is 3. The second kappa shape index (κ2) is 6.41. The lowest BCUT2D eigenvalue weighted by Crippen LogP contribution is -2.47. The van der Waals surface area contributed by atoms with Crippen molar-refractivity contribution < 1.29 is 4.74 Å². The Bertz CT molecular complexity index is 410. The van der Waals surface area contributed by atoms with E-state index in [1.165, 1.54) is 0 Å². The Labute approximate surface area is 121 Å². The molecule has 0 radical (unpaired) electrons. The van der Waals surface area contributed by atoms with Crippen LogP contribution in [0.2, 0.25) is 0 Å². The van der Waals surface area contributed by atoms with Gasteiger partial charge in [-0.15, -0.1) is 0 Å². The zero-order chi connectivity index (χ0) is 14.6. The molecule has 5 heteroatoms. The molecule has 2 rings (SSSR count). The van der Waals surface area contributed by atoms with Crippen molar-refractivity contribution in [1.82, 2.24) is 9.88 Å². The molecule has 0 unspecified atom stereocenters. The van der Waals surface area contributed by atoms with E-state index in [0.29, 0.717) is 5.82 Å². The average molecular weight is 278 g/mol. The van der Waals surface area contributed by atoms with Crippen molar-refractivity contribution in [3.63, 3.8) is 0 Å². The van der Waals surface area contributed by atoms with Gasteiger partial charge in [0.2, 0.25) is 0 Å². The molecule has 2 N–H and O–H groups in total. The number of anilines is 2. The quantitative estimate of drug-likeness (QED) is 0.886. The molecule has 1 aromatic heterocycles. The number of aromatic nitrogens is 1. The Balaban J connectivity index is 1.79. The van der Waals surface area contributed by atoms with Crippen molar-refractivity contribution in [3.8, 4) is 0 Å². The predicted molar refractivity (Wildman–Crippen MR) is 83.0 cm³/mol. The molecule has 0 amide bonds. The third-order valence-electron chi connectivity index (χ3n) is 4.09. The van der Waals surface area contributed by atoms with E-state index in [1.54, 1.807) is 7.11 Å². The minimum absolute atomic E-state index is 0.0298. The minimum Gasteiger partial charge on any atom is -0.384 e. The third-order valence-corrected chi connectivity index (χ3v) is 4.09. The van der Waals surface area contributed by atoms with Crippen LogP contribution in [-0.4, -0.2) is 55.3 Å². The standard InChI is InChI=1S/C15H26N4O/c1-15(2,20-3)6-7-18-8-10-19(11-9-18)13-4-5-14(16)17-12-13/h4-5,12H,6-11H2,1-3H3,(H2,16,17). The second-order valence-corrected chi connectivity index (χ2v) is 5.98. The summed E-state index contributed by atoms with van der Waals surface area (Å²) in [5, 5.41) is 0. The summed E-state index contributed by atoms with van der Waals surface area (Å²) in [4.78, 5) is 9.03. The van der Waals surface area contributed by atoms with Crippen LogP contribution in [0, 0.1) is 0 Å². The van der Waals surface area contributed by atoms with Gasteiger partial charge in [-0.05, 0) is 32.4 Å². The van der Waals surface area contributed by atoms with Crippen LogP contribution in [0.4, 0.5) is 11.5 Å². The first-order valence-corrected chi connectivity index (χ1v) is 7.24. The number of rotatable bonds is 5. The number of methoxy groups -OCH3 is 1. The highest BCUT2D eigenvalue weighted by atomic mass is 16.5. The molecule has 5 nitrogen and oxygen atoms in total. The van der Waals surface area contributed by atoms with E-state index in [2.05, 4.69) is 28.6 Å². The van der Waals surface area contributed by atoms with Crippen molar-refractivity contribution in [2.24, 2.45) is 0 Å². The van der Waals surface area contributed by atoms with E-state index in [9.17, 15) is 0 Å². The fourth-order valence-electron chi connectivity index (χ4n) is 2.34. The highest BCUT2D eigenvalue weighted by Crippen LogP contribution is 2.18. The van der Waals surface area contributed by atoms with Crippen molar-refractivity contribution >= 4 is 11.5 Å². The normalized spacial score (nSPS) is 17.4. The molecule has 1 saturated heterocycles. The van der Waals surface area contributed by atoms with Gasteiger partial charge in [0.25, 0.3) is 0 Å². The molecule has 0 spiro atoms. The Morgan fingerprint density at radius 1 is 1.25 bits per heavy atom. The first-order valence-electron chi connectivity index (χ1n) is 7.24. The van der Waals surface area contributed by atoms with Gasteiger partial charge < -0.3 is 15.4 Å². The monoisotopic (exact) mass is 278 g/mol. The van der Waals surface area contributed by atoms with E-state index in [4.69, 9.17) is 10.5 Å².